The normalized spacial score (nSPS) is 12.8. The Kier molecular flexibility index (Phi) is 6.86. The van der Waals surface area contributed by atoms with E-state index in [-0.39, 0.29) is 6.04 Å². The number of aryl methyl sites for hydroxylation is 1. The standard InChI is InChI=1S/C19H24F2N4/c1-4-22-19(23-10-9-15-6-5-13(2)24-12-15)25-14(3)16-7-8-17(20)18(21)11-16/h5-8,11-12,14H,4,9-10H2,1-3H3,(H2,22,23,25). The summed E-state index contributed by atoms with van der Waals surface area (Å²) in [5.41, 5.74) is 2.77. The molecular weight excluding hydrogens is 322 g/mol. The molecule has 0 saturated carbocycles. The van der Waals surface area contributed by atoms with Crippen LogP contribution in [0.2, 0.25) is 0 Å². The van der Waals surface area contributed by atoms with Crippen LogP contribution in [0.4, 0.5) is 8.78 Å². The summed E-state index contributed by atoms with van der Waals surface area (Å²) in [6, 6.07) is 7.73. The largest absolute Gasteiger partial charge is 0.357 e. The quantitative estimate of drug-likeness (QED) is 0.621. The van der Waals surface area contributed by atoms with Gasteiger partial charge in [0.25, 0.3) is 0 Å². The Morgan fingerprint density at radius 2 is 2.00 bits per heavy atom. The van der Waals surface area contributed by atoms with E-state index in [1.165, 1.54) is 6.07 Å². The number of guanidine groups is 1. The predicted molar refractivity (Wildman–Crippen MR) is 96.6 cm³/mol. The molecule has 2 aromatic rings. The van der Waals surface area contributed by atoms with Crippen LogP contribution in [0.1, 0.15) is 36.7 Å². The van der Waals surface area contributed by atoms with Gasteiger partial charge < -0.3 is 10.6 Å². The highest BCUT2D eigenvalue weighted by molar-refractivity contribution is 5.80. The number of rotatable bonds is 6. The van der Waals surface area contributed by atoms with Crippen molar-refractivity contribution in [2.24, 2.45) is 4.99 Å². The van der Waals surface area contributed by atoms with E-state index >= 15 is 0 Å². The molecular formula is C19H24F2N4. The zero-order valence-corrected chi connectivity index (χ0v) is 14.8. The van der Waals surface area contributed by atoms with E-state index in [0.29, 0.717) is 24.6 Å². The Morgan fingerprint density at radius 1 is 1.20 bits per heavy atom. The van der Waals surface area contributed by atoms with Crippen LogP contribution in [0.5, 0.6) is 0 Å². The van der Waals surface area contributed by atoms with E-state index in [1.807, 2.05) is 39.1 Å². The second-order valence-electron chi connectivity index (χ2n) is 5.86. The number of nitrogens with zero attached hydrogens (tertiary/aromatic N) is 2. The molecule has 1 heterocycles. The van der Waals surface area contributed by atoms with E-state index in [2.05, 4.69) is 20.6 Å². The Morgan fingerprint density at radius 3 is 2.64 bits per heavy atom. The van der Waals surface area contributed by atoms with Gasteiger partial charge in [-0.05, 0) is 56.5 Å². The van der Waals surface area contributed by atoms with E-state index < -0.39 is 11.6 Å². The molecule has 6 heteroatoms. The number of benzene rings is 1. The number of pyridine rings is 1. The van der Waals surface area contributed by atoms with Crippen LogP contribution in [0, 0.1) is 18.6 Å². The molecule has 1 aromatic carbocycles. The number of nitrogens with one attached hydrogen (secondary N) is 2. The zero-order chi connectivity index (χ0) is 18.2. The molecule has 2 rings (SSSR count). The summed E-state index contributed by atoms with van der Waals surface area (Å²) in [5, 5.41) is 6.37. The average molecular weight is 346 g/mol. The van der Waals surface area contributed by atoms with E-state index in [0.717, 1.165) is 23.7 Å². The fourth-order valence-electron chi connectivity index (χ4n) is 2.33. The summed E-state index contributed by atoms with van der Waals surface area (Å²) in [6.07, 6.45) is 2.64. The Bertz CT molecular complexity index is 714. The molecule has 0 radical (unpaired) electrons. The van der Waals surface area contributed by atoms with Gasteiger partial charge in [-0.1, -0.05) is 12.1 Å². The smallest absolute Gasteiger partial charge is 0.191 e. The molecule has 1 atom stereocenters. The number of halogens is 2. The van der Waals surface area contributed by atoms with Gasteiger partial charge in [-0.3, -0.25) is 9.98 Å². The predicted octanol–water partition coefficient (Wildman–Crippen LogP) is 3.53. The van der Waals surface area contributed by atoms with Gasteiger partial charge in [0.2, 0.25) is 0 Å². The summed E-state index contributed by atoms with van der Waals surface area (Å²) in [6.45, 7) is 7.12. The lowest BCUT2D eigenvalue weighted by molar-refractivity contribution is 0.504. The number of hydrogen-bond acceptors (Lipinski definition) is 2. The molecule has 0 amide bonds. The molecule has 4 nitrogen and oxygen atoms in total. The summed E-state index contributed by atoms with van der Waals surface area (Å²) < 4.78 is 26.5. The maximum absolute atomic E-state index is 13.4. The highest BCUT2D eigenvalue weighted by Crippen LogP contribution is 2.15. The Balaban J connectivity index is 1.98. The van der Waals surface area contributed by atoms with Crippen LogP contribution in [-0.2, 0) is 6.42 Å². The molecule has 0 saturated heterocycles. The fraction of sp³-hybridized carbons (Fsp3) is 0.368. The number of aliphatic imine (C=N–C) groups is 1. The van der Waals surface area contributed by atoms with Crippen molar-refractivity contribution < 1.29 is 8.78 Å². The fourth-order valence-corrected chi connectivity index (χ4v) is 2.33. The van der Waals surface area contributed by atoms with Crippen LogP contribution in [0.25, 0.3) is 0 Å². The summed E-state index contributed by atoms with van der Waals surface area (Å²) in [5.74, 6) is -1.05. The minimum atomic E-state index is -0.847. The maximum atomic E-state index is 13.4. The van der Waals surface area contributed by atoms with Crippen molar-refractivity contribution in [1.82, 2.24) is 15.6 Å². The molecule has 0 fully saturated rings. The first-order valence-corrected chi connectivity index (χ1v) is 8.41. The molecule has 0 aliphatic heterocycles. The monoisotopic (exact) mass is 346 g/mol. The summed E-state index contributed by atoms with van der Waals surface area (Å²) in [7, 11) is 0. The van der Waals surface area contributed by atoms with Gasteiger partial charge in [-0.2, -0.15) is 0 Å². The first-order valence-electron chi connectivity index (χ1n) is 8.41. The molecule has 0 bridgehead atoms. The second kappa shape index (κ2) is 9.11. The van der Waals surface area contributed by atoms with Crippen molar-refractivity contribution in [3.8, 4) is 0 Å². The molecule has 134 valence electrons. The van der Waals surface area contributed by atoms with Crippen molar-refractivity contribution in [2.45, 2.75) is 33.2 Å². The number of hydrogen-bond donors (Lipinski definition) is 2. The lowest BCUT2D eigenvalue weighted by Gasteiger charge is -2.18. The van der Waals surface area contributed by atoms with Crippen molar-refractivity contribution in [1.29, 1.82) is 0 Å². The topological polar surface area (TPSA) is 49.3 Å². The summed E-state index contributed by atoms with van der Waals surface area (Å²) >= 11 is 0. The molecule has 25 heavy (non-hydrogen) atoms. The summed E-state index contributed by atoms with van der Waals surface area (Å²) in [4.78, 5) is 8.81. The van der Waals surface area contributed by atoms with Crippen molar-refractivity contribution in [2.75, 3.05) is 13.1 Å². The SMILES string of the molecule is CCNC(=NCCc1ccc(C)nc1)NC(C)c1ccc(F)c(F)c1. The molecule has 0 aliphatic rings. The van der Waals surface area contributed by atoms with Crippen LogP contribution in [0.3, 0.4) is 0 Å². The molecule has 0 aliphatic carbocycles. The van der Waals surface area contributed by atoms with Crippen molar-refractivity contribution >= 4 is 5.96 Å². The third-order valence-corrected chi connectivity index (χ3v) is 3.78. The van der Waals surface area contributed by atoms with E-state index in [9.17, 15) is 8.78 Å². The van der Waals surface area contributed by atoms with Crippen LogP contribution in [0.15, 0.2) is 41.5 Å². The molecule has 1 unspecified atom stereocenters. The Labute approximate surface area is 147 Å². The zero-order valence-electron chi connectivity index (χ0n) is 14.8. The first kappa shape index (κ1) is 18.8. The van der Waals surface area contributed by atoms with E-state index in [4.69, 9.17) is 0 Å². The van der Waals surface area contributed by atoms with Gasteiger partial charge in [-0.15, -0.1) is 0 Å². The highest BCUT2D eigenvalue weighted by Gasteiger charge is 2.10. The second-order valence-corrected chi connectivity index (χ2v) is 5.86. The number of aromatic nitrogens is 1. The van der Waals surface area contributed by atoms with Gasteiger partial charge in [0.1, 0.15) is 0 Å². The first-order chi connectivity index (χ1) is 12.0. The van der Waals surface area contributed by atoms with Gasteiger partial charge in [0.05, 0.1) is 6.04 Å². The van der Waals surface area contributed by atoms with E-state index in [1.54, 1.807) is 6.07 Å². The minimum absolute atomic E-state index is 0.200. The highest BCUT2D eigenvalue weighted by atomic mass is 19.2. The lowest BCUT2D eigenvalue weighted by atomic mass is 10.1. The lowest BCUT2D eigenvalue weighted by Crippen LogP contribution is -2.39. The molecule has 0 spiro atoms. The van der Waals surface area contributed by atoms with Crippen molar-refractivity contribution in [3.05, 3.63) is 65.0 Å². The van der Waals surface area contributed by atoms with Crippen molar-refractivity contribution in [3.63, 3.8) is 0 Å². The van der Waals surface area contributed by atoms with Gasteiger partial charge in [-0.25, -0.2) is 8.78 Å². The van der Waals surface area contributed by atoms with Crippen LogP contribution >= 0.6 is 0 Å². The van der Waals surface area contributed by atoms with Gasteiger partial charge >= 0.3 is 0 Å². The minimum Gasteiger partial charge on any atom is -0.357 e. The average Bonchev–Trinajstić information content (AvgIpc) is 2.59. The van der Waals surface area contributed by atoms with Crippen LogP contribution < -0.4 is 10.6 Å². The third kappa shape index (κ3) is 5.81. The third-order valence-electron chi connectivity index (χ3n) is 3.78. The van der Waals surface area contributed by atoms with Gasteiger partial charge in [0, 0.05) is 25.0 Å². The maximum Gasteiger partial charge on any atom is 0.191 e. The molecule has 1 aromatic heterocycles. The Hall–Kier alpha value is -2.50. The van der Waals surface area contributed by atoms with Gasteiger partial charge in [0.15, 0.2) is 17.6 Å². The van der Waals surface area contributed by atoms with Crippen LogP contribution in [-0.4, -0.2) is 24.0 Å². The molecule has 2 N–H and O–H groups in total.